The van der Waals surface area contributed by atoms with Crippen molar-refractivity contribution in [3.8, 4) is 0 Å². The first-order chi connectivity index (χ1) is 9.49. The molecule has 0 heterocycles. The molecule has 20 heavy (non-hydrogen) atoms. The SMILES string of the molecule is C=C(C)CN(CC)C(=O)CN(CC)c1ccccc1C. The number of anilines is 1. The van der Waals surface area contributed by atoms with E-state index in [0.717, 1.165) is 24.4 Å². The molecule has 0 aliphatic rings. The van der Waals surface area contributed by atoms with Crippen LogP contribution in [0.2, 0.25) is 0 Å². The normalized spacial score (nSPS) is 10.2. The van der Waals surface area contributed by atoms with Crippen LogP contribution < -0.4 is 4.90 Å². The average Bonchev–Trinajstić information content (AvgIpc) is 2.42. The van der Waals surface area contributed by atoms with Gasteiger partial charge in [0, 0.05) is 25.3 Å². The van der Waals surface area contributed by atoms with E-state index in [4.69, 9.17) is 0 Å². The number of carbonyl (C=O) groups excluding carboxylic acids is 1. The Bertz CT molecular complexity index is 468. The van der Waals surface area contributed by atoms with Crippen molar-refractivity contribution < 1.29 is 4.79 Å². The fourth-order valence-electron chi connectivity index (χ4n) is 2.25. The predicted molar refractivity (Wildman–Crippen MR) is 86.1 cm³/mol. The molecule has 0 saturated heterocycles. The molecule has 0 aromatic heterocycles. The number of benzene rings is 1. The number of rotatable bonds is 7. The number of hydrogen-bond acceptors (Lipinski definition) is 2. The third-order valence-corrected chi connectivity index (χ3v) is 3.36. The van der Waals surface area contributed by atoms with Crippen LogP contribution in [0.4, 0.5) is 5.69 Å². The molecule has 0 aliphatic carbocycles. The van der Waals surface area contributed by atoms with Gasteiger partial charge in [-0.3, -0.25) is 4.79 Å². The third kappa shape index (κ3) is 4.41. The molecule has 0 aliphatic heterocycles. The van der Waals surface area contributed by atoms with E-state index in [1.165, 1.54) is 5.56 Å². The van der Waals surface area contributed by atoms with Gasteiger partial charge in [-0.25, -0.2) is 0 Å². The molecule has 0 unspecified atom stereocenters. The first-order valence-electron chi connectivity index (χ1n) is 7.22. The van der Waals surface area contributed by atoms with E-state index in [0.29, 0.717) is 13.1 Å². The molecule has 1 rings (SSSR count). The molecule has 3 heteroatoms. The molecular weight excluding hydrogens is 248 g/mol. The van der Waals surface area contributed by atoms with Crippen molar-refractivity contribution in [1.29, 1.82) is 0 Å². The van der Waals surface area contributed by atoms with Gasteiger partial charge >= 0.3 is 0 Å². The molecule has 0 N–H and O–H groups in total. The summed E-state index contributed by atoms with van der Waals surface area (Å²) in [7, 11) is 0. The van der Waals surface area contributed by atoms with Crippen LogP contribution >= 0.6 is 0 Å². The summed E-state index contributed by atoms with van der Waals surface area (Å²) in [6, 6.07) is 8.18. The van der Waals surface area contributed by atoms with Crippen LogP contribution in [-0.4, -0.2) is 37.0 Å². The maximum atomic E-state index is 12.4. The highest BCUT2D eigenvalue weighted by Crippen LogP contribution is 2.19. The van der Waals surface area contributed by atoms with E-state index < -0.39 is 0 Å². The lowest BCUT2D eigenvalue weighted by atomic mass is 10.2. The molecular formula is C17H26N2O. The zero-order chi connectivity index (χ0) is 15.1. The van der Waals surface area contributed by atoms with Crippen molar-refractivity contribution in [3.05, 3.63) is 42.0 Å². The minimum absolute atomic E-state index is 0.153. The largest absolute Gasteiger partial charge is 0.362 e. The number of para-hydroxylation sites is 1. The molecule has 0 bridgehead atoms. The lowest BCUT2D eigenvalue weighted by Gasteiger charge is -2.28. The lowest BCUT2D eigenvalue weighted by molar-refractivity contribution is -0.129. The highest BCUT2D eigenvalue weighted by Gasteiger charge is 2.16. The van der Waals surface area contributed by atoms with E-state index in [2.05, 4.69) is 37.5 Å². The Morgan fingerprint density at radius 2 is 1.80 bits per heavy atom. The highest BCUT2D eigenvalue weighted by atomic mass is 16.2. The van der Waals surface area contributed by atoms with Crippen molar-refractivity contribution in [2.45, 2.75) is 27.7 Å². The van der Waals surface area contributed by atoms with Gasteiger partial charge < -0.3 is 9.80 Å². The predicted octanol–water partition coefficient (Wildman–Crippen LogP) is 3.25. The Labute approximate surface area is 122 Å². The van der Waals surface area contributed by atoms with Crippen LogP contribution in [0.25, 0.3) is 0 Å². The van der Waals surface area contributed by atoms with Gasteiger partial charge in [-0.2, -0.15) is 0 Å². The number of likely N-dealkylation sites (N-methyl/N-ethyl adjacent to an activating group) is 2. The number of nitrogens with zero attached hydrogens (tertiary/aromatic N) is 2. The first-order valence-corrected chi connectivity index (χ1v) is 7.22. The second-order valence-electron chi connectivity index (χ2n) is 5.17. The Hall–Kier alpha value is -1.77. The zero-order valence-corrected chi connectivity index (χ0v) is 13.1. The van der Waals surface area contributed by atoms with Gasteiger partial charge in [0.15, 0.2) is 0 Å². The smallest absolute Gasteiger partial charge is 0.242 e. The molecule has 0 saturated carbocycles. The second-order valence-corrected chi connectivity index (χ2v) is 5.17. The molecule has 110 valence electrons. The summed E-state index contributed by atoms with van der Waals surface area (Å²) < 4.78 is 0. The number of hydrogen-bond donors (Lipinski definition) is 0. The molecule has 1 amide bonds. The summed E-state index contributed by atoms with van der Waals surface area (Å²) in [5.74, 6) is 0.153. The van der Waals surface area contributed by atoms with Gasteiger partial charge in [0.2, 0.25) is 5.91 Å². The molecule has 0 fully saturated rings. The van der Waals surface area contributed by atoms with Crippen molar-refractivity contribution in [1.82, 2.24) is 4.90 Å². The fraction of sp³-hybridized carbons (Fsp3) is 0.471. The summed E-state index contributed by atoms with van der Waals surface area (Å²) in [4.78, 5) is 16.4. The standard InChI is InChI=1S/C17H26N2O/c1-6-18(16-11-9-8-10-15(16)5)13-17(20)19(7-2)12-14(3)4/h8-11H,3,6-7,12-13H2,1-2,4-5H3. The van der Waals surface area contributed by atoms with Gasteiger partial charge in [0.1, 0.15) is 0 Å². The molecule has 0 atom stereocenters. The van der Waals surface area contributed by atoms with E-state index in [9.17, 15) is 4.79 Å². The van der Waals surface area contributed by atoms with Gasteiger partial charge in [0.25, 0.3) is 0 Å². The van der Waals surface area contributed by atoms with Crippen LogP contribution in [0.1, 0.15) is 26.3 Å². The van der Waals surface area contributed by atoms with Crippen molar-refractivity contribution >= 4 is 11.6 Å². The number of amides is 1. The minimum atomic E-state index is 0.153. The zero-order valence-electron chi connectivity index (χ0n) is 13.1. The monoisotopic (exact) mass is 274 g/mol. The fourth-order valence-corrected chi connectivity index (χ4v) is 2.25. The topological polar surface area (TPSA) is 23.6 Å². The molecule has 0 spiro atoms. The Morgan fingerprint density at radius 3 is 2.30 bits per heavy atom. The van der Waals surface area contributed by atoms with Crippen LogP contribution in [-0.2, 0) is 4.79 Å². The summed E-state index contributed by atoms with van der Waals surface area (Å²) in [5.41, 5.74) is 3.35. The Balaban J connectivity index is 2.80. The lowest BCUT2D eigenvalue weighted by Crippen LogP contribution is -2.41. The average molecular weight is 274 g/mol. The minimum Gasteiger partial charge on any atom is -0.362 e. The summed E-state index contributed by atoms with van der Waals surface area (Å²) in [5, 5.41) is 0. The molecule has 1 aromatic rings. The highest BCUT2D eigenvalue weighted by molar-refractivity contribution is 5.82. The van der Waals surface area contributed by atoms with Gasteiger partial charge in [-0.15, -0.1) is 0 Å². The van der Waals surface area contributed by atoms with Crippen molar-refractivity contribution in [2.75, 3.05) is 31.1 Å². The maximum absolute atomic E-state index is 12.4. The van der Waals surface area contributed by atoms with Crippen LogP contribution in [0.3, 0.4) is 0 Å². The molecule has 3 nitrogen and oxygen atoms in total. The van der Waals surface area contributed by atoms with Gasteiger partial charge in [0.05, 0.1) is 6.54 Å². The third-order valence-electron chi connectivity index (χ3n) is 3.36. The van der Waals surface area contributed by atoms with Gasteiger partial charge in [-0.1, -0.05) is 30.4 Å². The molecule has 1 aromatic carbocycles. The molecule has 0 radical (unpaired) electrons. The first kappa shape index (κ1) is 16.3. The van der Waals surface area contributed by atoms with E-state index >= 15 is 0 Å². The second kappa shape index (κ2) is 7.73. The maximum Gasteiger partial charge on any atom is 0.242 e. The number of aryl methyl sites for hydroxylation is 1. The van der Waals surface area contributed by atoms with Crippen LogP contribution in [0, 0.1) is 6.92 Å². The Morgan fingerprint density at radius 1 is 1.15 bits per heavy atom. The summed E-state index contributed by atoms with van der Waals surface area (Å²) in [6.45, 7) is 14.6. The van der Waals surface area contributed by atoms with E-state index in [1.807, 2.05) is 30.9 Å². The van der Waals surface area contributed by atoms with Crippen molar-refractivity contribution in [2.24, 2.45) is 0 Å². The summed E-state index contributed by atoms with van der Waals surface area (Å²) in [6.07, 6.45) is 0. The number of carbonyl (C=O) groups is 1. The van der Waals surface area contributed by atoms with E-state index in [1.54, 1.807) is 0 Å². The summed E-state index contributed by atoms with van der Waals surface area (Å²) >= 11 is 0. The van der Waals surface area contributed by atoms with Gasteiger partial charge in [-0.05, 0) is 39.3 Å². The Kier molecular flexibility index (Phi) is 6.29. The van der Waals surface area contributed by atoms with Crippen LogP contribution in [0.5, 0.6) is 0 Å². The van der Waals surface area contributed by atoms with E-state index in [-0.39, 0.29) is 5.91 Å². The van der Waals surface area contributed by atoms with Crippen molar-refractivity contribution in [3.63, 3.8) is 0 Å². The quantitative estimate of drug-likeness (QED) is 0.713. The van der Waals surface area contributed by atoms with Crippen LogP contribution in [0.15, 0.2) is 36.4 Å².